The van der Waals surface area contributed by atoms with E-state index in [-0.39, 0.29) is 52.5 Å². The predicted octanol–water partition coefficient (Wildman–Crippen LogP) is 4.04. The summed E-state index contributed by atoms with van der Waals surface area (Å²) in [5, 5.41) is 10.3. The molecule has 11 heteroatoms. The molecule has 0 atom stereocenters. The van der Waals surface area contributed by atoms with E-state index in [1.165, 1.54) is 48.7 Å². The molecule has 3 amide bonds. The van der Waals surface area contributed by atoms with Crippen LogP contribution in [-0.2, 0) is 9.59 Å². The Bertz CT molecular complexity index is 1620. The third kappa shape index (κ3) is 4.23. The minimum Gasteiger partial charge on any atom is -0.507 e. The number of nitrogens with two attached hydrogens (primary N) is 2. The first-order valence-corrected chi connectivity index (χ1v) is 11.4. The Labute approximate surface area is 214 Å². The van der Waals surface area contributed by atoms with Crippen LogP contribution in [0.3, 0.4) is 0 Å². The Morgan fingerprint density at radius 2 is 1.61 bits per heavy atom. The second-order valence-corrected chi connectivity index (χ2v) is 8.84. The zero-order valence-corrected chi connectivity index (χ0v) is 19.7. The van der Waals surface area contributed by atoms with Crippen LogP contribution in [0.2, 0.25) is 0 Å². The van der Waals surface area contributed by atoms with Gasteiger partial charge in [0.25, 0.3) is 5.91 Å². The Hall–Kier alpha value is -5.06. The van der Waals surface area contributed by atoms with Crippen LogP contribution < -0.4 is 21.1 Å². The maximum absolute atomic E-state index is 15.3. The molecule has 0 unspecified atom stereocenters. The molecule has 0 spiro atoms. The number of amides is 3. The van der Waals surface area contributed by atoms with E-state index in [0.717, 1.165) is 23.1 Å². The van der Waals surface area contributed by atoms with Gasteiger partial charge in [-0.05, 0) is 61.4 Å². The van der Waals surface area contributed by atoms with E-state index in [1.807, 2.05) is 0 Å². The molecule has 9 nitrogen and oxygen atoms in total. The van der Waals surface area contributed by atoms with Crippen molar-refractivity contribution in [3.8, 4) is 17.2 Å². The first-order chi connectivity index (χ1) is 18.1. The maximum atomic E-state index is 15.3. The molecule has 1 aromatic heterocycles. The van der Waals surface area contributed by atoms with Crippen LogP contribution in [0.15, 0.2) is 66.9 Å². The molecule has 0 saturated heterocycles. The number of hydrogen-bond acceptors (Lipinski definition) is 6. The fourth-order valence-electron chi connectivity index (χ4n) is 4.15. The second kappa shape index (κ2) is 9.11. The van der Waals surface area contributed by atoms with Crippen LogP contribution in [0.1, 0.15) is 23.2 Å². The summed E-state index contributed by atoms with van der Waals surface area (Å²) in [6.07, 6.45) is 1.88. The van der Waals surface area contributed by atoms with Gasteiger partial charge in [-0.3, -0.25) is 24.3 Å². The van der Waals surface area contributed by atoms with Gasteiger partial charge >= 0.3 is 0 Å². The van der Waals surface area contributed by atoms with Gasteiger partial charge in [-0.1, -0.05) is 0 Å². The second-order valence-electron chi connectivity index (χ2n) is 8.84. The average Bonchev–Trinajstić information content (AvgIpc) is 3.69. The van der Waals surface area contributed by atoms with Gasteiger partial charge in [-0.15, -0.1) is 0 Å². The highest BCUT2D eigenvalue weighted by Gasteiger charge is 2.57. The van der Waals surface area contributed by atoms with Crippen molar-refractivity contribution in [1.82, 2.24) is 4.98 Å². The molecule has 192 valence electrons. The number of primary amides is 2. The van der Waals surface area contributed by atoms with Crippen molar-refractivity contribution in [3.05, 3.63) is 84.1 Å². The third-order valence-electron chi connectivity index (χ3n) is 6.40. The number of halogens is 2. The van der Waals surface area contributed by atoms with Gasteiger partial charge in [0, 0.05) is 29.4 Å². The quantitative estimate of drug-likeness (QED) is 0.315. The number of phenols is 1. The van der Waals surface area contributed by atoms with Crippen molar-refractivity contribution in [3.63, 3.8) is 0 Å². The highest BCUT2D eigenvalue weighted by Crippen LogP contribution is 2.49. The lowest BCUT2D eigenvalue weighted by Gasteiger charge is -2.26. The zero-order chi connectivity index (χ0) is 27.2. The number of hydrogen-bond donors (Lipinski definition) is 3. The highest BCUT2D eigenvalue weighted by molar-refractivity contribution is 6.16. The number of nitrogens with zero attached hydrogens (tertiary/aromatic N) is 2. The molecule has 1 aliphatic rings. The molecular weight excluding hydrogens is 498 g/mol. The summed E-state index contributed by atoms with van der Waals surface area (Å²) in [7, 11) is 0. The molecule has 0 radical (unpaired) electrons. The Balaban J connectivity index is 1.53. The summed E-state index contributed by atoms with van der Waals surface area (Å²) >= 11 is 0. The molecule has 5 rings (SSSR count). The molecule has 4 aromatic rings. The highest BCUT2D eigenvalue weighted by atomic mass is 19.1. The minimum absolute atomic E-state index is 0.0690. The molecular formula is C27H20F2N4O5. The minimum atomic E-state index is -1.42. The van der Waals surface area contributed by atoms with E-state index in [0.29, 0.717) is 5.39 Å². The number of ether oxygens (including phenoxy) is 1. The van der Waals surface area contributed by atoms with Crippen molar-refractivity contribution in [2.24, 2.45) is 16.9 Å². The predicted molar refractivity (Wildman–Crippen MR) is 133 cm³/mol. The summed E-state index contributed by atoms with van der Waals surface area (Å²) in [6.45, 7) is 0. The van der Waals surface area contributed by atoms with Crippen molar-refractivity contribution in [1.29, 1.82) is 0 Å². The van der Waals surface area contributed by atoms with Crippen LogP contribution in [0, 0.1) is 17.0 Å². The summed E-state index contributed by atoms with van der Waals surface area (Å²) in [5.41, 5.74) is 9.78. The molecule has 3 aromatic carbocycles. The number of pyridine rings is 1. The lowest BCUT2D eigenvalue weighted by Crippen LogP contribution is -2.41. The summed E-state index contributed by atoms with van der Waals surface area (Å²) < 4.78 is 34.6. The standard InChI is InChI=1S/C27H20F2N4O5/c28-14-1-3-15(4-2-14)33(26(37)27(8-9-27)25(31)36)16-5-6-23(19(29)11-16)38-22-7-10-32-20-13-21(34)18(24(30)35)12-17(20)22/h1-7,10-13,34H,8-9H2,(H2,30,35)(H2,31,36). The SMILES string of the molecule is NC(=O)c1cc2c(Oc3ccc(N(C(=O)C4(C(N)=O)CC4)c4ccc(F)cc4)cc3F)ccnc2cc1O. The monoisotopic (exact) mass is 518 g/mol. The average molecular weight is 518 g/mol. The third-order valence-corrected chi connectivity index (χ3v) is 6.40. The Kier molecular flexibility index (Phi) is 5.90. The molecule has 0 bridgehead atoms. The lowest BCUT2D eigenvalue weighted by molar-refractivity contribution is -0.133. The number of carbonyl (C=O) groups excluding carboxylic acids is 3. The van der Waals surface area contributed by atoms with Gasteiger partial charge in [0.2, 0.25) is 11.8 Å². The molecule has 1 saturated carbocycles. The number of benzene rings is 3. The maximum Gasteiger partial charge on any atom is 0.252 e. The lowest BCUT2D eigenvalue weighted by atomic mass is 10.0. The molecule has 1 heterocycles. The number of carbonyl (C=O) groups is 3. The first-order valence-electron chi connectivity index (χ1n) is 11.4. The van der Waals surface area contributed by atoms with E-state index in [2.05, 4.69) is 4.98 Å². The fraction of sp³-hybridized carbons (Fsp3) is 0.111. The number of aromatic nitrogens is 1. The van der Waals surface area contributed by atoms with Crippen molar-refractivity contribution in [2.75, 3.05) is 4.90 Å². The van der Waals surface area contributed by atoms with Gasteiger partial charge in [0.1, 0.15) is 22.7 Å². The molecule has 1 aliphatic carbocycles. The number of rotatable bonds is 7. The van der Waals surface area contributed by atoms with E-state index in [9.17, 15) is 23.9 Å². The van der Waals surface area contributed by atoms with Crippen LogP contribution in [0.25, 0.3) is 10.9 Å². The summed E-state index contributed by atoms with van der Waals surface area (Å²) in [6, 6.07) is 12.6. The number of aromatic hydroxyl groups is 1. The van der Waals surface area contributed by atoms with E-state index in [1.54, 1.807) is 0 Å². The Morgan fingerprint density at radius 3 is 2.21 bits per heavy atom. The first kappa shape index (κ1) is 24.6. The van der Waals surface area contributed by atoms with Crippen molar-refractivity contribution in [2.45, 2.75) is 12.8 Å². The van der Waals surface area contributed by atoms with Gasteiger partial charge in [-0.25, -0.2) is 8.78 Å². The van der Waals surface area contributed by atoms with E-state index >= 15 is 4.39 Å². The van der Waals surface area contributed by atoms with E-state index < -0.39 is 34.8 Å². The zero-order valence-electron chi connectivity index (χ0n) is 19.7. The largest absolute Gasteiger partial charge is 0.507 e. The van der Waals surface area contributed by atoms with Crippen LogP contribution in [0.4, 0.5) is 20.2 Å². The van der Waals surface area contributed by atoms with Crippen LogP contribution in [0.5, 0.6) is 17.2 Å². The van der Waals surface area contributed by atoms with Crippen LogP contribution in [-0.4, -0.2) is 27.8 Å². The fourth-order valence-corrected chi connectivity index (χ4v) is 4.15. The van der Waals surface area contributed by atoms with Gasteiger partial charge < -0.3 is 21.3 Å². The van der Waals surface area contributed by atoms with E-state index in [4.69, 9.17) is 16.2 Å². The van der Waals surface area contributed by atoms with Gasteiger partial charge in [0.05, 0.1) is 16.8 Å². The normalized spacial score (nSPS) is 13.6. The van der Waals surface area contributed by atoms with Gasteiger partial charge in [0.15, 0.2) is 11.6 Å². The van der Waals surface area contributed by atoms with Crippen molar-refractivity contribution >= 4 is 40.0 Å². The number of fused-ring (bicyclic) bond motifs is 1. The summed E-state index contributed by atoms with van der Waals surface area (Å²) in [5.74, 6) is -4.16. The topological polar surface area (TPSA) is 149 Å². The van der Waals surface area contributed by atoms with Gasteiger partial charge in [-0.2, -0.15) is 0 Å². The molecule has 5 N–H and O–H groups in total. The number of anilines is 2. The molecule has 0 aliphatic heterocycles. The van der Waals surface area contributed by atoms with Crippen LogP contribution >= 0.6 is 0 Å². The van der Waals surface area contributed by atoms with Crippen molar-refractivity contribution < 1.29 is 33.0 Å². The summed E-state index contributed by atoms with van der Waals surface area (Å²) in [4.78, 5) is 42.3. The molecule has 1 fully saturated rings. The molecule has 38 heavy (non-hydrogen) atoms. The smallest absolute Gasteiger partial charge is 0.252 e. The Morgan fingerprint density at radius 1 is 0.921 bits per heavy atom.